The Hall–Kier alpha value is -5.05. The van der Waals surface area contributed by atoms with E-state index in [4.69, 9.17) is 9.47 Å². The fourth-order valence-electron chi connectivity index (χ4n) is 3.81. The topological polar surface area (TPSA) is 106 Å². The van der Waals surface area contributed by atoms with Crippen molar-refractivity contribution in [2.45, 2.75) is 6.92 Å². The van der Waals surface area contributed by atoms with Crippen molar-refractivity contribution in [1.29, 1.82) is 0 Å². The summed E-state index contributed by atoms with van der Waals surface area (Å²) in [5.74, 6) is 0.485. The standard InChI is InChI=1S/C28H21FN4O4/c1-16-25(27(34)22(15-31-16)17-3-5-18(29)6-4-17)28(35)33-19-7-9-20(10-8-19)37-24-11-12-30-23-13-21(36-2)14-32-26(23)24/h3-15H,1-2H3,(H,31,34)(H,33,35). The van der Waals surface area contributed by atoms with Crippen LogP contribution in [-0.4, -0.2) is 33.1 Å². The molecule has 0 bridgehead atoms. The number of amides is 1. The number of aryl methyl sites for hydroxylation is 1. The van der Waals surface area contributed by atoms with Crippen LogP contribution in [0.4, 0.5) is 10.1 Å². The fourth-order valence-corrected chi connectivity index (χ4v) is 3.81. The van der Waals surface area contributed by atoms with E-state index in [1.807, 2.05) is 0 Å². The van der Waals surface area contributed by atoms with Gasteiger partial charge >= 0.3 is 0 Å². The number of halogens is 1. The number of fused-ring (bicyclic) bond motifs is 1. The number of rotatable bonds is 6. The average molecular weight is 496 g/mol. The Labute approximate surface area is 211 Å². The van der Waals surface area contributed by atoms with Gasteiger partial charge in [0.25, 0.3) is 5.91 Å². The highest BCUT2D eigenvalue weighted by Gasteiger charge is 2.20. The zero-order valence-corrected chi connectivity index (χ0v) is 19.9. The molecule has 3 heterocycles. The maximum Gasteiger partial charge on any atom is 0.261 e. The normalized spacial score (nSPS) is 10.8. The van der Waals surface area contributed by atoms with Crippen LogP contribution in [0, 0.1) is 12.7 Å². The highest BCUT2D eigenvalue weighted by molar-refractivity contribution is 6.08. The van der Waals surface area contributed by atoms with Crippen molar-refractivity contribution in [3.8, 4) is 34.1 Å². The summed E-state index contributed by atoms with van der Waals surface area (Å²) in [6.07, 6.45) is 4.66. The monoisotopic (exact) mass is 496 g/mol. The molecule has 9 heteroatoms. The third kappa shape index (κ3) is 4.87. The predicted molar refractivity (Wildman–Crippen MR) is 137 cm³/mol. The number of nitrogens with one attached hydrogen (secondary N) is 1. The summed E-state index contributed by atoms with van der Waals surface area (Å²) >= 11 is 0. The van der Waals surface area contributed by atoms with Gasteiger partial charge in [-0.25, -0.2) is 9.37 Å². The zero-order chi connectivity index (χ0) is 25.9. The third-order valence-electron chi connectivity index (χ3n) is 5.71. The summed E-state index contributed by atoms with van der Waals surface area (Å²) in [5, 5.41) is 13.6. The van der Waals surface area contributed by atoms with E-state index in [1.165, 1.54) is 30.5 Å². The smallest absolute Gasteiger partial charge is 0.261 e. The molecule has 0 aliphatic rings. The maximum atomic E-state index is 13.3. The van der Waals surface area contributed by atoms with E-state index in [2.05, 4.69) is 20.3 Å². The van der Waals surface area contributed by atoms with Gasteiger partial charge in [-0.2, -0.15) is 0 Å². The van der Waals surface area contributed by atoms with Crippen molar-refractivity contribution in [3.63, 3.8) is 0 Å². The first kappa shape index (κ1) is 23.7. The third-order valence-corrected chi connectivity index (χ3v) is 5.71. The number of anilines is 1. The lowest BCUT2D eigenvalue weighted by Crippen LogP contribution is -2.14. The Morgan fingerprint density at radius 3 is 2.43 bits per heavy atom. The van der Waals surface area contributed by atoms with Gasteiger partial charge in [-0.3, -0.25) is 14.8 Å². The molecule has 2 aromatic carbocycles. The van der Waals surface area contributed by atoms with Crippen LogP contribution in [0.3, 0.4) is 0 Å². The van der Waals surface area contributed by atoms with Crippen LogP contribution in [-0.2, 0) is 0 Å². The van der Waals surface area contributed by atoms with E-state index in [0.29, 0.717) is 50.8 Å². The molecule has 0 fully saturated rings. The Balaban J connectivity index is 1.35. The molecule has 0 saturated heterocycles. The minimum atomic E-state index is -0.529. The second-order valence-electron chi connectivity index (χ2n) is 8.12. The van der Waals surface area contributed by atoms with Gasteiger partial charge in [0.1, 0.15) is 34.1 Å². The number of nitrogens with zero attached hydrogens (tertiary/aromatic N) is 3. The first-order valence-electron chi connectivity index (χ1n) is 11.3. The molecule has 2 N–H and O–H groups in total. The number of pyridine rings is 3. The van der Waals surface area contributed by atoms with Crippen molar-refractivity contribution in [1.82, 2.24) is 15.0 Å². The molecule has 0 unspecified atom stereocenters. The molecule has 0 aliphatic heterocycles. The van der Waals surface area contributed by atoms with Crippen LogP contribution >= 0.6 is 0 Å². The minimum Gasteiger partial charge on any atom is -0.506 e. The molecular formula is C28H21FN4O4. The predicted octanol–water partition coefficient (Wildman–Crippen LogP) is 5.90. The lowest BCUT2D eigenvalue weighted by Gasteiger charge is -2.13. The number of carbonyl (C=O) groups excluding carboxylic acids is 1. The van der Waals surface area contributed by atoms with Crippen molar-refractivity contribution in [2.24, 2.45) is 0 Å². The molecule has 0 atom stereocenters. The lowest BCUT2D eigenvalue weighted by atomic mass is 10.0. The number of hydrogen-bond donors (Lipinski definition) is 2. The second kappa shape index (κ2) is 9.90. The molecular weight excluding hydrogens is 475 g/mol. The quantitative estimate of drug-likeness (QED) is 0.301. The van der Waals surface area contributed by atoms with Crippen molar-refractivity contribution >= 4 is 22.6 Å². The van der Waals surface area contributed by atoms with Crippen molar-refractivity contribution in [2.75, 3.05) is 12.4 Å². The lowest BCUT2D eigenvalue weighted by molar-refractivity contribution is 0.102. The van der Waals surface area contributed by atoms with Gasteiger partial charge < -0.3 is 19.9 Å². The second-order valence-corrected chi connectivity index (χ2v) is 8.12. The first-order valence-corrected chi connectivity index (χ1v) is 11.3. The molecule has 0 spiro atoms. The van der Waals surface area contributed by atoms with Crippen LogP contribution in [0.15, 0.2) is 79.3 Å². The summed E-state index contributed by atoms with van der Waals surface area (Å²) in [6, 6.07) is 15.8. The molecule has 5 aromatic rings. The summed E-state index contributed by atoms with van der Waals surface area (Å²) in [5.41, 5.74) is 2.97. The van der Waals surface area contributed by atoms with Gasteiger partial charge in [-0.15, -0.1) is 0 Å². The number of aromatic hydroxyl groups is 1. The van der Waals surface area contributed by atoms with Gasteiger partial charge in [0.15, 0.2) is 5.75 Å². The fraction of sp³-hybridized carbons (Fsp3) is 0.0714. The maximum absolute atomic E-state index is 13.3. The van der Waals surface area contributed by atoms with Crippen LogP contribution in [0.5, 0.6) is 23.0 Å². The highest BCUT2D eigenvalue weighted by Crippen LogP contribution is 2.34. The minimum absolute atomic E-state index is 0.0342. The number of ether oxygens (including phenoxy) is 2. The van der Waals surface area contributed by atoms with Gasteiger partial charge in [0, 0.05) is 35.8 Å². The average Bonchev–Trinajstić information content (AvgIpc) is 2.90. The SMILES string of the molecule is COc1cnc2c(Oc3ccc(NC(=O)c4c(C)ncc(-c5ccc(F)cc5)c4O)cc3)ccnc2c1. The van der Waals surface area contributed by atoms with Crippen molar-refractivity contribution < 1.29 is 23.8 Å². The summed E-state index contributed by atoms with van der Waals surface area (Å²) in [6.45, 7) is 1.63. The van der Waals surface area contributed by atoms with Gasteiger partial charge in [0.2, 0.25) is 0 Å². The number of aromatic nitrogens is 3. The first-order chi connectivity index (χ1) is 17.9. The molecule has 1 amide bonds. The van der Waals surface area contributed by atoms with Gasteiger partial charge in [0.05, 0.1) is 24.5 Å². The molecule has 8 nitrogen and oxygen atoms in total. The molecule has 3 aromatic heterocycles. The summed E-state index contributed by atoms with van der Waals surface area (Å²) < 4.78 is 24.5. The Morgan fingerprint density at radius 1 is 0.946 bits per heavy atom. The number of methoxy groups -OCH3 is 1. The van der Waals surface area contributed by atoms with E-state index < -0.39 is 11.7 Å². The molecule has 5 rings (SSSR count). The van der Waals surface area contributed by atoms with E-state index in [-0.39, 0.29) is 11.3 Å². The van der Waals surface area contributed by atoms with E-state index in [1.54, 1.807) is 62.8 Å². The molecule has 37 heavy (non-hydrogen) atoms. The zero-order valence-electron chi connectivity index (χ0n) is 19.9. The van der Waals surface area contributed by atoms with Gasteiger partial charge in [-0.05, 0) is 48.9 Å². The Morgan fingerprint density at radius 2 is 1.70 bits per heavy atom. The molecule has 0 radical (unpaired) electrons. The number of carbonyl (C=O) groups is 1. The summed E-state index contributed by atoms with van der Waals surface area (Å²) in [4.78, 5) is 26.0. The summed E-state index contributed by atoms with van der Waals surface area (Å²) in [7, 11) is 1.56. The van der Waals surface area contributed by atoms with E-state index >= 15 is 0 Å². The largest absolute Gasteiger partial charge is 0.506 e. The Bertz CT molecular complexity index is 1610. The Kier molecular flexibility index (Phi) is 6.34. The van der Waals surface area contributed by atoms with Crippen LogP contribution in [0.1, 0.15) is 16.1 Å². The number of hydrogen-bond acceptors (Lipinski definition) is 7. The highest BCUT2D eigenvalue weighted by atomic mass is 19.1. The number of benzene rings is 2. The van der Waals surface area contributed by atoms with Crippen LogP contribution in [0.2, 0.25) is 0 Å². The van der Waals surface area contributed by atoms with Gasteiger partial charge in [-0.1, -0.05) is 12.1 Å². The van der Waals surface area contributed by atoms with Crippen LogP contribution in [0.25, 0.3) is 22.2 Å². The van der Waals surface area contributed by atoms with E-state index in [0.717, 1.165) is 0 Å². The molecule has 0 saturated carbocycles. The van der Waals surface area contributed by atoms with Crippen molar-refractivity contribution in [3.05, 3.63) is 96.3 Å². The van der Waals surface area contributed by atoms with E-state index in [9.17, 15) is 14.3 Å². The van der Waals surface area contributed by atoms with Crippen LogP contribution < -0.4 is 14.8 Å². The molecule has 184 valence electrons. The molecule has 0 aliphatic carbocycles.